The van der Waals surface area contributed by atoms with Gasteiger partial charge in [0.15, 0.2) is 10.9 Å². The molecule has 3 N–H and O–H groups in total. The van der Waals surface area contributed by atoms with E-state index in [2.05, 4.69) is 22.9 Å². The molecule has 1 heterocycles. The van der Waals surface area contributed by atoms with E-state index in [1.807, 2.05) is 12.1 Å². The van der Waals surface area contributed by atoms with Crippen molar-refractivity contribution in [2.24, 2.45) is 5.73 Å². The lowest BCUT2D eigenvalue weighted by atomic mass is 10.0. The molecule has 0 aliphatic carbocycles. The summed E-state index contributed by atoms with van der Waals surface area (Å²) >= 11 is 5.39. The number of halogens is 3. The van der Waals surface area contributed by atoms with Crippen molar-refractivity contribution in [2.45, 2.75) is 31.7 Å². The number of carbonyl (C=O) groups is 1. The summed E-state index contributed by atoms with van der Waals surface area (Å²) < 4.78 is 42.5. The minimum Gasteiger partial charge on any atom is -0.359 e. The number of nitrogens with one attached hydrogen (secondary N) is 1. The molecule has 11 heteroatoms. The molecule has 1 aromatic heterocycles. The lowest BCUT2D eigenvalue weighted by Crippen LogP contribution is -2.48. The van der Waals surface area contributed by atoms with E-state index in [1.54, 1.807) is 35.3 Å². The summed E-state index contributed by atoms with van der Waals surface area (Å²) in [4.78, 5) is 18.7. The molecule has 0 saturated carbocycles. The number of hydrogen-bond donors (Lipinski definition) is 2. The molecular formula is C27H27F3N6OS. The van der Waals surface area contributed by atoms with Gasteiger partial charge in [0.05, 0.1) is 29.6 Å². The van der Waals surface area contributed by atoms with Crippen molar-refractivity contribution in [1.82, 2.24) is 19.8 Å². The molecule has 0 saturated heterocycles. The van der Waals surface area contributed by atoms with Crippen molar-refractivity contribution in [1.29, 1.82) is 5.26 Å². The van der Waals surface area contributed by atoms with Crippen molar-refractivity contribution in [3.05, 3.63) is 102 Å². The normalized spacial score (nSPS) is 11.9. The second kappa shape index (κ2) is 13.0. The first-order valence-corrected chi connectivity index (χ1v) is 12.1. The summed E-state index contributed by atoms with van der Waals surface area (Å²) in [6.07, 6.45) is 0.179. The second-order valence-corrected chi connectivity index (χ2v) is 8.97. The van der Waals surface area contributed by atoms with E-state index < -0.39 is 17.8 Å². The maximum absolute atomic E-state index is 13.6. The quantitative estimate of drug-likeness (QED) is 0.282. The fraction of sp³-hybridized carbons (Fsp3) is 0.259. The fourth-order valence-corrected chi connectivity index (χ4v) is 4.02. The Balaban J connectivity index is 1.73. The van der Waals surface area contributed by atoms with Crippen LogP contribution in [0.3, 0.4) is 0 Å². The molecule has 3 aromatic rings. The van der Waals surface area contributed by atoms with Gasteiger partial charge in [-0.15, -0.1) is 6.58 Å². The molecule has 38 heavy (non-hydrogen) atoms. The molecule has 3 rings (SSSR count). The van der Waals surface area contributed by atoms with Gasteiger partial charge < -0.3 is 20.5 Å². The third-order valence-electron chi connectivity index (χ3n) is 5.79. The van der Waals surface area contributed by atoms with Gasteiger partial charge >= 0.3 is 6.18 Å². The molecule has 0 fully saturated rings. The van der Waals surface area contributed by atoms with E-state index in [0.29, 0.717) is 24.3 Å². The van der Waals surface area contributed by atoms with Gasteiger partial charge in [0.2, 0.25) is 0 Å². The van der Waals surface area contributed by atoms with E-state index in [4.69, 9.17) is 23.2 Å². The highest BCUT2D eigenvalue weighted by atomic mass is 32.1. The first kappa shape index (κ1) is 28.6. The Hall–Kier alpha value is -4.01. The average Bonchev–Trinajstić information content (AvgIpc) is 3.33. The number of imidazole rings is 1. The molecule has 1 atom stereocenters. The first-order valence-electron chi connectivity index (χ1n) is 11.7. The number of thiocarbonyl (C=S) groups is 1. The first-order chi connectivity index (χ1) is 18.1. The molecule has 0 spiro atoms. The molecule has 2 aromatic carbocycles. The van der Waals surface area contributed by atoms with E-state index >= 15 is 0 Å². The van der Waals surface area contributed by atoms with Crippen LogP contribution in [-0.2, 0) is 30.5 Å². The highest BCUT2D eigenvalue weighted by molar-refractivity contribution is 7.80. The van der Waals surface area contributed by atoms with Crippen LogP contribution in [0.2, 0.25) is 0 Å². The molecule has 0 amide bonds. The molecule has 7 nitrogen and oxygen atoms in total. The van der Waals surface area contributed by atoms with E-state index in [0.717, 1.165) is 11.6 Å². The number of rotatable bonds is 11. The van der Waals surface area contributed by atoms with Crippen LogP contribution in [0.15, 0.2) is 73.7 Å². The van der Waals surface area contributed by atoms with Crippen LogP contribution < -0.4 is 11.1 Å². The highest BCUT2D eigenvalue weighted by Gasteiger charge is 2.33. The zero-order valence-corrected chi connectivity index (χ0v) is 21.3. The zero-order chi connectivity index (χ0) is 27.7. The smallest absolute Gasteiger partial charge is 0.359 e. The second-order valence-electron chi connectivity index (χ2n) is 8.58. The maximum Gasteiger partial charge on any atom is 0.416 e. The van der Waals surface area contributed by atoms with Crippen LogP contribution in [-0.4, -0.2) is 44.5 Å². The Morgan fingerprint density at radius 2 is 1.97 bits per heavy atom. The monoisotopic (exact) mass is 540 g/mol. The van der Waals surface area contributed by atoms with Crippen molar-refractivity contribution >= 4 is 23.1 Å². The van der Waals surface area contributed by atoms with Gasteiger partial charge in [-0.25, -0.2) is 4.98 Å². The van der Waals surface area contributed by atoms with E-state index in [-0.39, 0.29) is 36.0 Å². The van der Waals surface area contributed by atoms with Gasteiger partial charge in [0, 0.05) is 44.5 Å². The molecule has 198 valence electrons. The maximum atomic E-state index is 13.6. The van der Waals surface area contributed by atoms with Crippen LogP contribution in [0.5, 0.6) is 0 Å². The summed E-state index contributed by atoms with van der Waals surface area (Å²) in [5.74, 6) is -0.313. The number of Topliss-reactive ketones (excluding diaryl/α,β-unsaturated/α-hetero) is 1. The Kier molecular flexibility index (Phi) is 9.76. The van der Waals surface area contributed by atoms with Crippen molar-refractivity contribution in [3.8, 4) is 6.07 Å². The molecule has 0 aliphatic rings. The number of benzene rings is 2. The average molecular weight is 541 g/mol. The van der Waals surface area contributed by atoms with Gasteiger partial charge in [-0.05, 0) is 41.5 Å². The number of hydrogen-bond acceptors (Lipinski definition) is 5. The lowest BCUT2D eigenvalue weighted by Gasteiger charge is -2.29. The van der Waals surface area contributed by atoms with Crippen LogP contribution in [0.25, 0.3) is 0 Å². The van der Waals surface area contributed by atoms with Crippen molar-refractivity contribution in [3.63, 3.8) is 0 Å². The number of nitriles is 1. The third-order valence-corrected chi connectivity index (χ3v) is 6.19. The molecule has 0 aliphatic heterocycles. The molecular weight excluding hydrogens is 513 g/mol. The van der Waals surface area contributed by atoms with Crippen LogP contribution in [0.4, 0.5) is 13.2 Å². The van der Waals surface area contributed by atoms with E-state index in [1.165, 1.54) is 23.1 Å². The summed E-state index contributed by atoms with van der Waals surface area (Å²) in [7, 11) is 0. The number of nitrogens with zero attached hydrogens (tertiary/aromatic N) is 4. The van der Waals surface area contributed by atoms with Crippen LogP contribution in [0, 0.1) is 11.3 Å². The van der Waals surface area contributed by atoms with Gasteiger partial charge in [0.25, 0.3) is 0 Å². The Labute approximate surface area is 224 Å². The summed E-state index contributed by atoms with van der Waals surface area (Å²) in [6.45, 7) is 4.08. The van der Waals surface area contributed by atoms with E-state index in [9.17, 15) is 18.0 Å². The number of nitrogens with two attached hydrogens (primary N) is 1. The minimum atomic E-state index is -4.54. The van der Waals surface area contributed by atoms with Crippen molar-refractivity contribution in [2.75, 3.05) is 13.1 Å². The summed E-state index contributed by atoms with van der Waals surface area (Å²) in [5.41, 5.74) is 7.58. The number of ketones is 1. The molecule has 1 unspecified atom stereocenters. The lowest BCUT2D eigenvalue weighted by molar-refractivity contribution is -0.138. The Morgan fingerprint density at radius 3 is 2.63 bits per heavy atom. The number of carbonyl (C=O) groups excluding carboxylic acids is 1. The summed E-state index contributed by atoms with van der Waals surface area (Å²) in [6, 6.07) is 13.3. The molecule has 0 radical (unpaired) electrons. The predicted octanol–water partition coefficient (Wildman–Crippen LogP) is 3.82. The van der Waals surface area contributed by atoms with Crippen molar-refractivity contribution < 1.29 is 18.0 Å². The summed E-state index contributed by atoms with van der Waals surface area (Å²) in [5, 5.41) is 12.0. The number of alkyl halides is 3. The van der Waals surface area contributed by atoms with Gasteiger partial charge in [-0.1, -0.05) is 36.4 Å². The Bertz CT molecular complexity index is 1310. The zero-order valence-electron chi connectivity index (χ0n) is 20.5. The standard InChI is InChI=1S/C27H27F3N6OS/c1-2-11-34-26(38)35(16-21-5-3-4-6-23(21)27(28,29)30)17-24(32)25(37)12-22-14-33-18-36(22)15-20-9-7-19(13-31)8-10-20/h2-10,14,18,24H,1,11-12,15-17,32H2,(H,34,38). The highest BCUT2D eigenvalue weighted by Crippen LogP contribution is 2.32. The fourth-order valence-electron chi connectivity index (χ4n) is 3.80. The SMILES string of the molecule is C=CCNC(=S)N(Cc1ccccc1C(F)(F)F)CC(N)C(=O)Cc1cncn1Cc1ccc(C#N)cc1. The topological polar surface area (TPSA) is 100.0 Å². The van der Waals surface area contributed by atoms with Gasteiger partial charge in [-0.3, -0.25) is 4.79 Å². The van der Waals surface area contributed by atoms with Gasteiger partial charge in [-0.2, -0.15) is 18.4 Å². The third kappa shape index (κ3) is 7.74. The Morgan fingerprint density at radius 1 is 1.26 bits per heavy atom. The van der Waals surface area contributed by atoms with Crippen LogP contribution in [0.1, 0.15) is 27.9 Å². The number of aromatic nitrogens is 2. The predicted molar refractivity (Wildman–Crippen MR) is 142 cm³/mol. The van der Waals surface area contributed by atoms with Gasteiger partial charge in [0.1, 0.15) is 0 Å². The molecule has 0 bridgehead atoms. The minimum absolute atomic E-state index is 0.0166. The largest absolute Gasteiger partial charge is 0.416 e. The van der Waals surface area contributed by atoms with Crippen LogP contribution >= 0.6 is 12.2 Å².